The normalized spacial score (nSPS) is 11.4. The Labute approximate surface area is 103 Å². The van der Waals surface area contributed by atoms with Crippen LogP contribution in [0.1, 0.15) is 36.7 Å². The van der Waals surface area contributed by atoms with Crippen molar-refractivity contribution in [2.75, 3.05) is 18.5 Å². The highest BCUT2D eigenvalue weighted by atomic mass is 16.4. The Balaban J connectivity index is 3.16. The number of hydrogen-bond donors (Lipinski definition) is 1. The van der Waals surface area contributed by atoms with Crippen LogP contribution in [0.2, 0.25) is 0 Å². The van der Waals surface area contributed by atoms with Crippen LogP contribution in [0.15, 0.2) is 18.2 Å². The third-order valence-corrected chi connectivity index (χ3v) is 2.56. The molecule has 0 fully saturated rings. The number of hydrogen-bond acceptors (Lipinski definition) is 2. The van der Waals surface area contributed by atoms with E-state index in [4.69, 9.17) is 0 Å². The maximum atomic E-state index is 11.2. The zero-order chi connectivity index (χ0) is 13.2. The summed E-state index contributed by atoms with van der Waals surface area (Å²) in [5.74, 6) is -0.871. The molecule has 0 aliphatic rings. The van der Waals surface area contributed by atoms with Crippen molar-refractivity contribution < 1.29 is 9.90 Å². The van der Waals surface area contributed by atoms with Crippen molar-refractivity contribution >= 4 is 11.7 Å². The van der Waals surface area contributed by atoms with Crippen molar-refractivity contribution in [1.29, 1.82) is 0 Å². The summed E-state index contributed by atoms with van der Waals surface area (Å²) in [7, 11) is 1.94. The van der Waals surface area contributed by atoms with Crippen LogP contribution >= 0.6 is 0 Å². The minimum atomic E-state index is -0.871. The first-order valence-corrected chi connectivity index (χ1v) is 5.76. The van der Waals surface area contributed by atoms with Gasteiger partial charge in [-0.05, 0) is 24.0 Å². The molecule has 17 heavy (non-hydrogen) atoms. The standard InChI is InChI=1S/C14H21NO2/c1-10-7-6-8-11(13(16)17)12(10)15(5)9-14(2,3)4/h6-8H,9H2,1-5H3,(H,16,17). The van der Waals surface area contributed by atoms with Gasteiger partial charge in [0.25, 0.3) is 0 Å². The van der Waals surface area contributed by atoms with Gasteiger partial charge in [0.05, 0.1) is 11.3 Å². The van der Waals surface area contributed by atoms with E-state index in [0.29, 0.717) is 5.56 Å². The van der Waals surface area contributed by atoms with Gasteiger partial charge in [-0.3, -0.25) is 0 Å². The molecule has 0 aliphatic carbocycles. The Kier molecular flexibility index (Phi) is 3.81. The fourth-order valence-electron chi connectivity index (χ4n) is 2.13. The van der Waals surface area contributed by atoms with Crippen LogP contribution in [-0.4, -0.2) is 24.7 Å². The lowest BCUT2D eigenvalue weighted by atomic mass is 9.95. The van der Waals surface area contributed by atoms with E-state index in [2.05, 4.69) is 20.8 Å². The maximum Gasteiger partial charge on any atom is 0.337 e. The SMILES string of the molecule is Cc1cccc(C(=O)O)c1N(C)CC(C)(C)C. The molecule has 1 aromatic rings. The first-order chi connectivity index (χ1) is 7.72. The molecular formula is C14H21NO2. The molecule has 0 radical (unpaired) electrons. The number of carboxylic acid groups (broad SMARTS) is 1. The summed E-state index contributed by atoms with van der Waals surface area (Å²) < 4.78 is 0. The van der Waals surface area contributed by atoms with E-state index in [-0.39, 0.29) is 5.41 Å². The molecule has 3 heteroatoms. The lowest BCUT2D eigenvalue weighted by Gasteiger charge is -2.30. The zero-order valence-electron chi connectivity index (χ0n) is 11.2. The maximum absolute atomic E-state index is 11.2. The second-order valence-electron chi connectivity index (χ2n) is 5.69. The molecule has 0 heterocycles. The smallest absolute Gasteiger partial charge is 0.337 e. The molecule has 0 amide bonds. The van der Waals surface area contributed by atoms with Gasteiger partial charge in [-0.2, -0.15) is 0 Å². The van der Waals surface area contributed by atoms with Gasteiger partial charge in [-0.25, -0.2) is 4.79 Å². The fourth-order valence-corrected chi connectivity index (χ4v) is 2.13. The van der Waals surface area contributed by atoms with E-state index in [1.54, 1.807) is 12.1 Å². The molecule has 0 spiro atoms. The van der Waals surface area contributed by atoms with Gasteiger partial charge >= 0.3 is 5.97 Å². The molecule has 0 atom stereocenters. The molecule has 0 bridgehead atoms. The third kappa shape index (κ3) is 3.48. The van der Waals surface area contributed by atoms with E-state index >= 15 is 0 Å². The third-order valence-electron chi connectivity index (χ3n) is 2.56. The second kappa shape index (κ2) is 4.78. The van der Waals surface area contributed by atoms with Crippen molar-refractivity contribution in [1.82, 2.24) is 0 Å². The number of aryl methyl sites for hydroxylation is 1. The van der Waals surface area contributed by atoms with Crippen molar-refractivity contribution in [3.05, 3.63) is 29.3 Å². The largest absolute Gasteiger partial charge is 0.478 e. The van der Waals surface area contributed by atoms with Crippen LogP contribution in [0, 0.1) is 12.3 Å². The quantitative estimate of drug-likeness (QED) is 0.874. The van der Waals surface area contributed by atoms with E-state index in [1.165, 1.54) is 0 Å². The Bertz CT molecular complexity index is 419. The van der Waals surface area contributed by atoms with Gasteiger partial charge in [0.15, 0.2) is 0 Å². The van der Waals surface area contributed by atoms with Gasteiger partial charge in [0.1, 0.15) is 0 Å². The predicted molar refractivity (Wildman–Crippen MR) is 70.9 cm³/mol. The molecule has 1 N–H and O–H groups in total. The molecule has 1 aromatic carbocycles. The summed E-state index contributed by atoms with van der Waals surface area (Å²) >= 11 is 0. The number of anilines is 1. The number of rotatable bonds is 3. The number of carbonyl (C=O) groups is 1. The molecule has 0 aromatic heterocycles. The van der Waals surface area contributed by atoms with E-state index in [1.807, 2.05) is 24.9 Å². The lowest BCUT2D eigenvalue weighted by molar-refractivity contribution is 0.0697. The van der Waals surface area contributed by atoms with Crippen LogP contribution in [-0.2, 0) is 0 Å². The van der Waals surface area contributed by atoms with Crippen molar-refractivity contribution in [3.63, 3.8) is 0 Å². The Morgan fingerprint density at radius 2 is 1.94 bits per heavy atom. The highest BCUT2D eigenvalue weighted by Crippen LogP contribution is 2.27. The second-order valence-corrected chi connectivity index (χ2v) is 5.69. The number of para-hydroxylation sites is 1. The molecule has 1 rings (SSSR count). The lowest BCUT2D eigenvalue weighted by Crippen LogP contribution is -2.30. The summed E-state index contributed by atoms with van der Waals surface area (Å²) in [6.07, 6.45) is 0. The number of benzene rings is 1. The van der Waals surface area contributed by atoms with E-state index in [0.717, 1.165) is 17.8 Å². The first-order valence-electron chi connectivity index (χ1n) is 5.76. The summed E-state index contributed by atoms with van der Waals surface area (Å²) in [6, 6.07) is 5.39. The minimum absolute atomic E-state index is 0.132. The Morgan fingerprint density at radius 1 is 1.35 bits per heavy atom. The van der Waals surface area contributed by atoms with Crippen molar-refractivity contribution in [2.45, 2.75) is 27.7 Å². The molecule has 0 aliphatic heterocycles. The Hall–Kier alpha value is -1.51. The highest BCUT2D eigenvalue weighted by molar-refractivity contribution is 5.95. The van der Waals surface area contributed by atoms with Crippen molar-refractivity contribution in [2.24, 2.45) is 5.41 Å². The van der Waals surface area contributed by atoms with Gasteiger partial charge in [0.2, 0.25) is 0 Å². The predicted octanol–water partition coefficient (Wildman–Crippen LogP) is 3.18. The summed E-state index contributed by atoms with van der Waals surface area (Å²) in [6.45, 7) is 9.19. The molecule has 94 valence electrons. The molecule has 3 nitrogen and oxygen atoms in total. The van der Waals surface area contributed by atoms with Crippen LogP contribution in [0.3, 0.4) is 0 Å². The number of carboxylic acids is 1. The summed E-state index contributed by atoms with van der Waals surface area (Å²) in [4.78, 5) is 13.2. The highest BCUT2D eigenvalue weighted by Gasteiger charge is 2.19. The molecular weight excluding hydrogens is 214 g/mol. The number of nitrogens with zero attached hydrogens (tertiary/aromatic N) is 1. The topological polar surface area (TPSA) is 40.5 Å². The van der Waals surface area contributed by atoms with Crippen molar-refractivity contribution in [3.8, 4) is 0 Å². The van der Waals surface area contributed by atoms with Gasteiger partial charge in [-0.15, -0.1) is 0 Å². The first kappa shape index (κ1) is 13.6. The fraction of sp³-hybridized carbons (Fsp3) is 0.500. The van der Waals surface area contributed by atoms with Crippen LogP contribution in [0.5, 0.6) is 0 Å². The number of aromatic carboxylic acids is 1. The molecule has 0 saturated carbocycles. The average molecular weight is 235 g/mol. The summed E-state index contributed by atoms with van der Waals surface area (Å²) in [5, 5.41) is 9.21. The van der Waals surface area contributed by atoms with Gasteiger partial charge in [-0.1, -0.05) is 32.9 Å². The monoisotopic (exact) mass is 235 g/mol. The summed E-state index contributed by atoms with van der Waals surface area (Å²) in [5.41, 5.74) is 2.32. The minimum Gasteiger partial charge on any atom is -0.478 e. The van der Waals surface area contributed by atoms with Gasteiger partial charge in [0, 0.05) is 13.6 Å². The van der Waals surface area contributed by atoms with E-state index in [9.17, 15) is 9.90 Å². The molecule has 0 saturated heterocycles. The Morgan fingerprint density at radius 3 is 2.41 bits per heavy atom. The van der Waals surface area contributed by atoms with Gasteiger partial charge < -0.3 is 10.0 Å². The van der Waals surface area contributed by atoms with Crippen LogP contribution in [0.25, 0.3) is 0 Å². The average Bonchev–Trinajstić information content (AvgIpc) is 2.13. The zero-order valence-corrected chi connectivity index (χ0v) is 11.2. The molecule has 0 unspecified atom stereocenters. The van der Waals surface area contributed by atoms with Crippen LogP contribution < -0.4 is 4.90 Å². The van der Waals surface area contributed by atoms with Crippen LogP contribution in [0.4, 0.5) is 5.69 Å². The van der Waals surface area contributed by atoms with E-state index < -0.39 is 5.97 Å².